The van der Waals surface area contributed by atoms with Gasteiger partial charge in [0.2, 0.25) is 5.95 Å². The summed E-state index contributed by atoms with van der Waals surface area (Å²) in [6.07, 6.45) is 2.11. The van der Waals surface area contributed by atoms with Gasteiger partial charge in [-0.05, 0) is 30.5 Å². The normalized spacial score (nSPS) is 21.5. The van der Waals surface area contributed by atoms with Gasteiger partial charge in [0.1, 0.15) is 5.82 Å². The fourth-order valence-electron chi connectivity index (χ4n) is 4.39. The van der Waals surface area contributed by atoms with Crippen LogP contribution in [0.2, 0.25) is 0 Å². The molecule has 1 saturated heterocycles. The second-order valence-electron chi connectivity index (χ2n) is 7.53. The molecular weight excluding hydrogens is 436 g/mol. The van der Waals surface area contributed by atoms with Crippen molar-refractivity contribution in [1.29, 1.82) is 0 Å². The number of carbonyl (C=O) groups excluding carboxylic acids is 1. The number of nitrogens with zero attached hydrogens (tertiary/aromatic N) is 2. The Morgan fingerprint density at radius 2 is 2.00 bits per heavy atom. The summed E-state index contributed by atoms with van der Waals surface area (Å²) in [4.78, 5) is 35.8. The number of morpholine rings is 1. The summed E-state index contributed by atoms with van der Waals surface area (Å²) < 4.78 is 6.32. The predicted molar refractivity (Wildman–Crippen MR) is 113 cm³/mol. The lowest BCUT2D eigenvalue weighted by Gasteiger charge is -2.34. The molecule has 8 heteroatoms. The lowest BCUT2D eigenvalue weighted by Crippen LogP contribution is -2.40. The molecule has 1 aromatic heterocycles. The molecule has 0 radical (unpaired) electrons. The molecule has 29 heavy (non-hydrogen) atoms. The van der Waals surface area contributed by atoms with Crippen molar-refractivity contribution >= 4 is 33.5 Å². The van der Waals surface area contributed by atoms with Gasteiger partial charge < -0.3 is 15.0 Å². The number of Topliss-reactive ketones (excluding diaryl/α,β-unsaturated/α-hetero) is 1. The summed E-state index contributed by atoms with van der Waals surface area (Å²) in [5, 5.41) is 3.32. The van der Waals surface area contributed by atoms with Gasteiger partial charge in [0.05, 0.1) is 18.8 Å². The van der Waals surface area contributed by atoms with Gasteiger partial charge in [-0.15, -0.1) is 0 Å². The summed E-state index contributed by atoms with van der Waals surface area (Å²) in [7, 11) is 0. The third-order valence-electron chi connectivity index (χ3n) is 5.74. The first-order valence-corrected chi connectivity index (χ1v) is 10.7. The van der Waals surface area contributed by atoms with Crippen LogP contribution in [0, 0.1) is 0 Å². The number of allylic oxidation sites excluding steroid dienone is 2. The molecule has 2 aromatic rings. The van der Waals surface area contributed by atoms with Crippen molar-refractivity contribution in [3.05, 3.63) is 61.5 Å². The third kappa shape index (κ3) is 3.30. The fourth-order valence-corrected chi connectivity index (χ4v) is 4.81. The molecule has 1 fully saturated rings. The highest BCUT2D eigenvalue weighted by Crippen LogP contribution is 2.43. The number of rotatable bonds is 2. The van der Waals surface area contributed by atoms with Gasteiger partial charge in [-0.2, -0.15) is 4.98 Å². The minimum atomic E-state index is -0.415. The Morgan fingerprint density at radius 3 is 2.79 bits per heavy atom. The van der Waals surface area contributed by atoms with E-state index in [9.17, 15) is 9.59 Å². The van der Waals surface area contributed by atoms with Crippen molar-refractivity contribution in [3.8, 4) is 0 Å². The summed E-state index contributed by atoms with van der Waals surface area (Å²) in [5.41, 5.74) is 2.81. The molecule has 1 unspecified atom stereocenters. The highest BCUT2D eigenvalue weighted by atomic mass is 79.9. The number of fused-ring (bicyclic) bond motifs is 1. The molecule has 3 heterocycles. The van der Waals surface area contributed by atoms with Crippen LogP contribution in [0.3, 0.4) is 0 Å². The zero-order chi connectivity index (χ0) is 20.0. The van der Waals surface area contributed by atoms with Crippen LogP contribution < -0.4 is 15.8 Å². The number of nitrogens with one attached hydrogen (secondary N) is 2. The number of aromatic nitrogens is 2. The largest absolute Gasteiger partial charge is 0.378 e. The minimum absolute atomic E-state index is 0.103. The molecule has 7 nitrogen and oxygen atoms in total. The van der Waals surface area contributed by atoms with E-state index >= 15 is 0 Å². The summed E-state index contributed by atoms with van der Waals surface area (Å²) in [6.45, 7) is 2.59. The van der Waals surface area contributed by atoms with E-state index in [2.05, 4.69) is 26.2 Å². The van der Waals surface area contributed by atoms with Gasteiger partial charge in [0, 0.05) is 41.2 Å². The van der Waals surface area contributed by atoms with Crippen molar-refractivity contribution in [1.82, 2.24) is 9.97 Å². The summed E-state index contributed by atoms with van der Waals surface area (Å²) in [6, 6.07) is 7.81. The molecule has 3 aliphatic rings. The first-order valence-electron chi connectivity index (χ1n) is 9.87. The molecule has 0 bridgehead atoms. The van der Waals surface area contributed by atoms with Crippen molar-refractivity contribution in [2.45, 2.75) is 25.2 Å². The van der Waals surface area contributed by atoms with Gasteiger partial charge in [0.25, 0.3) is 5.56 Å². The van der Waals surface area contributed by atoms with Crippen LogP contribution in [-0.2, 0) is 9.53 Å². The maximum Gasteiger partial charge on any atom is 0.258 e. The van der Waals surface area contributed by atoms with Gasteiger partial charge in [-0.3, -0.25) is 14.6 Å². The van der Waals surface area contributed by atoms with Crippen LogP contribution >= 0.6 is 15.9 Å². The number of ketones is 1. The highest BCUT2D eigenvalue weighted by molar-refractivity contribution is 9.10. The average molecular weight is 457 g/mol. The lowest BCUT2D eigenvalue weighted by atomic mass is 9.76. The number of halogens is 1. The number of ether oxygens (including phenoxy) is 1. The number of anilines is 2. The van der Waals surface area contributed by atoms with E-state index in [-0.39, 0.29) is 11.3 Å². The monoisotopic (exact) mass is 456 g/mol. The summed E-state index contributed by atoms with van der Waals surface area (Å²) >= 11 is 3.52. The average Bonchev–Trinajstić information content (AvgIpc) is 2.73. The number of benzene rings is 1. The van der Waals surface area contributed by atoms with E-state index in [0.717, 1.165) is 28.6 Å². The van der Waals surface area contributed by atoms with Gasteiger partial charge >= 0.3 is 0 Å². The zero-order valence-electron chi connectivity index (χ0n) is 15.8. The SMILES string of the molecule is O=C1CCCC2=C1C(c1cccc(Br)c1)c1c(nc(N3CCOCC3)[nH]c1=O)N2. The first-order chi connectivity index (χ1) is 14.1. The molecule has 2 aliphatic heterocycles. The van der Waals surface area contributed by atoms with E-state index in [4.69, 9.17) is 9.72 Å². The second-order valence-corrected chi connectivity index (χ2v) is 8.45. The van der Waals surface area contributed by atoms with Crippen LogP contribution in [0.15, 0.2) is 44.8 Å². The van der Waals surface area contributed by atoms with Crippen molar-refractivity contribution in [2.24, 2.45) is 0 Å². The molecular formula is C21H21BrN4O3. The van der Waals surface area contributed by atoms with Crippen LogP contribution in [0.1, 0.15) is 36.3 Å². The Labute approximate surface area is 176 Å². The van der Waals surface area contributed by atoms with Crippen LogP contribution in [-0.4, -0.2) is 42.1 Å². The molecule has 5 rings (SSSR count). The maximum absolute atomic E-state index is 13.2. The maximum atomic E-state index is 13.2. The predicted octanol–water partition coefficient (Wildman–Crippen LogP) is 2.93. The van der Waals surface area contributed by atoms with E-state index < -0.39 is 5.92 Å². The van der Waals surface area contributed by atoms with Crippen LogP contribution in [0.5, 0.6) is 0 Å². The molecule has 1 atom stereocenters. The number of carbonyl (C=O) groups is 1. The number of hydrogen-bond acceptors (Lipinski definition) is 6. The molecule has 0 saturated carbocycles. The lowest BCUT2D eigenvalue weighted by molar-refractivity contribution is -0.116. The molecule has 150 valence electrons. The topological polar surface area (TPSA) is 87.3 Å². The Hall–Kier alpha value is -2.45. The molecule has 1 aliphatic carbocycles. The van der Waals surface area contributed by atoms with Crippen molar-refractivity contribution in [3.63, 3.8) is 0 Å². The quantitative estimate of drug-likeness (QED) is 0.722. The van der Waals surface area contributed by atoms with Crippen LogP contribution in [0.25, 0.3) is 0 Å². The molecule has 2 N–H and O–H groups in total. The van der Waals surface area contributed by atoms with E-state index in [1.54, 1.807) is 0 Å². The fraction of sp³-hybridized carbons (Fsp3) is 0.381. The number of aromatic amines is 1. The van der Waals surface area contributed by atoms with E-state index in [1.807, 2.05) is 29.2 Å². The minimum Gasteiger partial charge on any atom is -0.378 e. The Bertz CT molecular complexity index is 1070. The number of H-pyrrole nitrogens is 1. The van der Waals surface area contributed by atoms with Gasteiger partial charge in [0.15, 0.2) is 5.78 Å². The smallest absolute Gasteiger partial charge is 0.258 e. The van der Waals surface area contributed by atoms with Crippen molar-refractivity contribution in [2.75, 3.05) is 36.5 Å². The Balaban J connectivity index is 1.68. The number of hydrogen-bond donors (Lipinski definition) is 2. The zero-order valence-corrected chi connectivity index (χ0v) is 17.4. The van der Waals surface area contributed by atoms with Gasteiger partial charge in [-0.25, -0.2) is 0 Å². The first kappa shape index (κ1) is 18.6. The Morgan fingerprint density at radius 1 is 1.17 bits per heavy atom. The van der Waals surface area contributed by atoms with Gasteiger partial charge in [-0.1, -0.05) is 28.1 Å². The molecule has 1 aromatic carbocycles. The third-order valence-corrected chi connectivity index (χ3v) is 6.23. The molecule has 0 spiro atoms. The standard InChI is InChI=1S/C21H21BrN4O3/c22-13-4-1-3-12(11-13)16-17-14(5-2-6-15(17)27)23-19-18(16)20(28)25-21(24-19)26-7-9-29-10-8-26/h1,3-4,11,16H,2,5-10H2,(H2,23,24,25,28). The second kappa shape index (κ2) is 7.42. The molecule has 0 amide bonds. The van der Waals surface area contributed by atoms with Crippen molar-refractivity contribution < 1.29 is 9.53 Å². The van der Waals surface area contributed by atoms with Crippen LogP contribution in [0.4, 0.5) is 11.8 Å². The van der Waals surface area contributed by atoms with E-state index in [1.165, 1.54) is 0 Å². The van der Waals surface area contributed by atoms with E-state index in [0.29, 0.717) is 55.6 Å². The Kier molecular flexibility index (Phi) is 4.75. The highest BCUT2D eigenvalue weighted by Gasteiger charge is 2.38. The summed E-state index contributed by atoms with van der Waals surface area (Å²) in [5.74, 6) is 0.782.